The minimum atomic E-state index is 0.271. The van der Waals surface area contributed by atoms with E-state index in [9.17, 15) is 4.79 Å². The predicted molar refractivity (Wildman–Crippen MR) is 114 cm³/mol. The van der Waals surface area contributed by atoms with Gasteiger partial charge in [-0.05, 0) is 24.8 Å². The van der Waals surface area contributed by atoms with Crippen molar-refractivity contribution in [1.29, 1.82) is 0 Å². The molecule has 5 heteroatoms. The topological polar surface area (TPSA) is 49.3 Å². The number of carbonyl (C=O) groups is 1. The Morgan fingerprint density at radius 2 is 1.75 bits per heavy atom. The predicted octanol–water partition coefficient (Wildman–Crippen LogP) is 3.63. The van der Waals surface area contributed by atoms with Crippen LogP contribution in [0, 0.1) is 12.8 Å². The van der Waals surface area contributed by atoms with E-state index in [2.05, 4.69) is 49.9 Å². The van der Waals surface area contributed by atoms with E-state index in [-0.39, 0.29) is 5.91 Å². The Morgan fingerprint density at radius 1 is 1.07 bits per heavy atom. The van der Waals surface area contributed by atoms with E-state index in [0.717, 1.165) is 56.4 Å². The molecule has 150 valence electrons. The summed E-state index contributed by atoms with van der Waals surface area (Å²) in [5, 5.41) is 0. The van der Waals surface area contributed by atoms with Crippen LogP contribution in [0.1, 0.15) is 49.8 Å². The van der Waals surface area contributed by atoms with E-state index in [1.807, 2.05) is 17.9 Å². The van der Waals surface area contributed by atoms with Crippen LogP contribution in [0.25, 0.3) is 0 Å². The molecule has 0 unspecified atom stereocenters. The van der Waals surface area contributed by atoms with Crippen LogP contribution in [0.5, 0.6) is 0 Å². The van der Waals surface area contributed by atoms with Crippen molar-refractivity contribution in [3.8, 4) is 0 Å². The SMILES string of the molecule is CCc1nc(C)nc(N2CCN(C(=O)CC(C)C)CC2)c1Cc1ccccc1. The summed E-state index contributed by atoms with van der Waals surface area (Å²) in [6.07, 6.45) is 2.36. The first-order valence-corrected chi connectivity index (χ1v) is 10.4. The minimum Gasteiger partial charge on any atom is -0.353 e. The third kappa shape index (κ3) is 4.89. The van der Waals surface area contributed by atoms with Gasteiger partial charge >= 0.3 is 0 Å². The highest BCUT2D eigenvalue weighted by molar-refractivity contribution is 5.76. The van der Waals surface area contributed by atoms with Crippen molar-refractivity contribution >= 4 is 11.7 Å². The molecule has 0 spiro atoms. The van der Waals surface area contributed by atoms with Gasteiger partial charge in [0.1, 0.15) is 11.6 Å². The number of piperazine rings is 1. The summed E-state index contributed by atoms with van der Waals surface area (Å²) >= 11 is 0. The number of rotatable bonds is 6. The lowest BCUT2D eigenvalue weighted by atomic mass is 10.0. The molecule has 2 heterocycles. The number of benzene rings is 1. The van der Waals surface area contributed by atoms with E-state index in [1.54, 1.807) is 0 Å². The lowest BCUT2D eigenvalue weighted by Gasteiger charge is -2.37. The van der Waals surface area contributed by atoms with Gasteiger partial charge in [-0.1, -0.05) is 51.1 Å². The molecule has 1 aromatic carbocycles. The molecule has 0 radical (unpaired) electrons. The monoisotopic (exact) mass is 380 g/mol. The zero-order valence-corrected chi connectivity index (χ0v) is 17.6. The smallest absolute Gasteiger partial charge is 0.222 e. The van der Waals surface area contributed by atoms with Gasteiger partial charge in [0.05, 0.1) is 0 Å². The summed E-state index contributed by atoms with van der Waals surface area (Å²) in [7, 11) is 0. The molecular formula is C23H32N4O. The van der Waals surface area contributed by atoms with Crippen LogP contribution in [0.2, 0.25) is 0 Å². The number of anilines is 1. The molecule has 1 saturated heterocycles. The maximum Gasteiger partial charge on any atom is 0.222 e. The second kappa shape index (κ2) is 9.18. The van der Waals surface area contributed by atoms with Gasteiger partial charge in [0.25, 0.3) is 0 Å². The van der Waals surface area contributed by atoms with Crippen molar-refractivity contribution in [2.75, 3.05) is 31.1 Å². The molecule has 0 aliphatic carbocycles. The van der Waals surface area contributed by atoms with E-state index < -0.39 is 0 Å². The number of hydrogen-bond acceptors (Lipinski definition) is 4. The van der Waals surface area contributed by atoms with Crippen LogP contribution in [-0.4, -0.2) is 47.0 Å². The first kappa shape index (κ1) is 20.3. The van der Waals surface area contributed by atoms with Crippen molar-refractivity contribution < 1.29 is 4.79 Å². The molecule has 0 atom stereocenters. The highest BCUT2D eigenvalue weighted by atomic mass is 16.2. The first-order valence-electron chi connectivity index (χ1n) is 10.4. The minimum absolute atomic E-state index is 0.271. The van der Waals surface area contributed by atoms with Gasteiger partial charge in [-0.2, -0.15) is 0 Å². The second-order valence-electron chi connectivity index (χ2n) is 8.00. The number of amides is 1. The molecule has 1 aliphatic heterocycles. The van der Waals surface area contributed by atoms with Crippen LogP contribution in [-0.2, 0) is 17.6 Å². The molecule has 1 fully saturated rings. The van der Waals surface area contributed by atoms with Crippen molar-refractivity contribution in [2.24, 2.45) is 5.92 Å². The van der Waals surface area contributed by atoms with Crippen molar-refractivity contribution in [1.82, 2.24) is 14.9 Å². The fraction of sp³-hybridized carbons (Fsp3) is 0.522. The zero-order valence-electron chi connectivity index (χ0n) is 17.6. The Bertz CT molecular complexity index is 796. The maximum atomic E-state index is 12.4. The summed E-state index contributed by atoms with van der Waals surface area (Å²) in [4.78, 5) is 26.3. The standard InChI is InChI=1S/C23H32N4O/c1-5-21-20(16-19-9-7-6-8-10-19)23(25-18(4)24-21)27-13-11-26(12-14-27)22(28)15-17(2)3/h6-10,17H,5,11-16H2,1-4H3. The quantitative estimate of drug-likeness (QED) is 0.768. The number of nitrogens with zero attached hydrogens (tertiary/aromatic N) is 4. The lowest BCUT2D eigenvalue weighted by Crippen LogP contribution is -2.49. The fourth-order valence-corrected chi connectivity index (χ4v) is 3.82. The maximum absolute atomic E-state index is 12.4. The largest absolute Gasteiger partial charge is 0.353 e. The Labute approximate surface area is 168 Å². The summed E-state index contributed by atoms with van der Waals surface area (Å²) in [5.74, 6) is 2.54. The molecule has 28 heavy (non-hydrogen) atoms. The van der Waals surface area contributed by atoms with Crippen LogP contribution in [0.15, 0.2) is 30.3 Å². The fourth-order valence-electron chi connectivity index (χ4n) is 3.82. The Balaban J connectivity index is 1.81. The zero-order chi connectivity index (χ0) is 20.1. The van der Waals surface area contributed by atoms with Gasteiger partial charge in [0, 0.05) is 50.3 Å². The summed E-state index contributed by atoms with van der Waals surface area (Å²) in [6, 6.07) is 10.5. The molecule has 0 N–H and O–H groups in total. The van der Waals surface area contributed by atoms with Crippen molar-refractivity contribution in [3.05, 3.63) is 53.0 Å². The van der Waals surface area contributed by atoms with E-state index in [1.165, 1.54) is 11.1 Å². The molecule has 0 saturated carbocycles. The molecule has 2 aromatic rings. The lowest BCUT2D eigenvalue weighted by molar-refractivity contribution is -0.132. The normalized spacial score (nSPS) is 14.6. The average Bonchev–Trinajstić information content (AvgIpc) is 2.69. The van der Waals surface area contributed by atoms with Gasteiger partial charge in [0.2, 0.25) is 5.91 Å². The molecule has 1 aromatic heterocycles. The molecule has 1 aliphatic rings. The molecular weight excluding hydrogens is 348 g/mol. The van der Waals surface area contributed by atoms with Crippen LogP contribution < -0.4 is 4.90 Å². The van der Waals surface area contributed by atoms with Crippen LogP contribution in [0.4, 0.5) is 5.82 Å². The Morgan fingerprint density at radius 3 is 2.36 bits per heavy atom. The Hall–Kier alpha value is -2.43. The molecule has 0 bridgehead atoms. The highest BCUT2D eigenvalue weighted by Gasteiger charge is 2.25. The van der Waals surface area contributed by atoms with Crippen molar-refractivity contribution in [3.63, 3.8) is 0 Å². The van der Waals surface area contributed by atoms with Gasteiger partial charge in [-0.15, -0.1) is 0 Å². The van der Waals surface area contributed by atoms with Crippen molar-refractivity contribution in [2.45, 2.75) is 47.0 Å². The highest BCUT2D eigenvalue weighted by Crippen LogP contribution is 2.26. The van der Waals surface area contributed by atoms with E-state index in [0.29, 0.717) is 12.3 Å². The molecule has 3 rings (SSSR count). The third-order valence-electron chi connectivity index (χ3n) is 5.26. The number of hydrogen-bond donors (Lipinski definition) is 0. The first-order chi connectivity index (χ1) is 13.5. The second-order valence-corrected chi connectivity index (χ2v) is 8.00. The number of carbonyl (C=O) groups excluding carboxylic acids is 1. The summed E-state index contributed by atoms with van der Waals surface area (Å²) < 4.78 is 0. The van der Waals surface area contributed by atoms with Crippen LogP contribution in [0.3, 0.4) is 0 Å². The van der Waals surface area contributed by atoms with E-state index >= 15 is 0 Å². The van der Waals surface area contributed by atoms with Gasteiger partial charge in [0.15, 0.2) is 0 Å². The van der Waals surface area contributed by atoms with Gasteiger partial charge in [-0.25, -0.2) is 9.97 Å². The summed E-state index contributed by atoms with van der Waals surface area (Å²) in [6.45, 7) is 11.5. The average molecular weight is 381 g/mol. The van der Waals surface area contributed by atoms with E-state index in [4.69, 9.17) is 9.97 Å². The third-order valence-corrected chi connectivity index (χ3v) is 5.26. The molecule has 5 nitrogen and oxygen atoms in total. The van der Waals surface area contributed by atoms with Gasteiger partial charge in [-0.3, -0.25) is 4.79 Å². The van der Waals surface area contributed by atoms with Crippen LogP contribution >= 0.6 is 0 Å². The van der Waals surface area contributed by atoms with Gasteiger partial charge < -0.3 is 9.80 Å². The molecule has 1 amide bonds. The Kier molecular flexibility index (Phi) is 6.65. The number of aromatic nitrogens is 2. The number of aryl methyl sites for hydroxylation is 2. The summed E-state index contributed by atoms with van der Waals surface area (Å²) in [5.41, 5.74) is 3.63.